The SMILES string of the molecule is COC(=O)CNC(=O)c1ccc(NCC(=O)N2CCN(S(C)(=O)=O)CC2)cc1. The number of ether oxygens (including phenoxy) is 1. The van der Waals surface area contributed by atoms with Gasteiger partial charge in [0.05, 0.1) is 19.9 Å². The molecule has 0 unspecified atom stereocenters. The van der Waals surface area contributed by atoms with E-state index in [2.05, 4.69) is 15.4 Å². The van der Waals surface area contributed by atoms with Crippen LogP contribution in [0.5, 0.6) is 0 Å². The fourth-order valence-electron chi connectivity index (χ4n) is 2.62. The minimum atomic E-state index is -3.23. The standard InChI is InChI=1S/C17H24N4O6S/c1-27-16(23)12-19-17(24)13-3-5-14(6-4-13)18-11-15(22)20-7-9-21(10-8-20)28(2,25)26/h3-6,18H,7-12H2,1-2H3,(H,19,24). The highest BCUT2D eigenvalue weighted by Crippen LogP contribution is 2.10. The van der Waals surface area contributed by atoms with Crippen molar-refractivity contribution in [1.82, 2.24) is 14.5 Å². The molecule has 1 aromatic rings. The Morgan fingerprint density at radius 2 is 1.64 bits per heavy atom. The third-order valence-corrected chi connectivity index (χ3v) is 5.58. The average molecular weight is 412 g/mol. The van der Waals surface area contributed by atoms with E-state index in [1.54, 1.807) is 29.2 Å². The van der Waals surface area contributed by atoms with E-state index in [9.17, 15) is 22.8 Å². The Morgan fingerprint density at radius 1 is 1.04 bits per heavy atom. The number of sulfonamides is 1. The number of hydrogen-bond acceptors (Lipinski definition) is 7. The van der Waals surface area contributed by atoms with Crippen molar-refractivity contribution in [2.24, 2.45) is 0 Å². The number of rotatable bonds is 7. The highest BCUT2D eigenvalue weighted by atomic mass is 32.2. The number of hydrogen-bond donors (Lipinski definition) is 2. The average Bonchev–Trinajstić information content (AvgIpc) is 2.69. The van der Waals surface area contributed by atoms with E-state index in [4.69, 9.17) is 0 Å². The molecule has 28 heavy (non-hydrogen) atoms. The van der Waals surface area contributed by atoms with Crippen molar-refractivity contribution in [3.8, 4) is 0 Å². The van der Waals surface area contributed by atoms with Gasteiger partial charge in [-0.15, -0.1) is 0 Å². The summed E-state index contributed by atoms with van der Waals surface area (Å²) in [5.41, 5.74) is 1.03. The van der Waals surface area contributed by atoms with Crippen molar-refractivity contribution < 1.29 is 27.5 Å². The van der Waals surface area contributed by atoms with Gasteiger partial charge in [0.25, 0.3) is 5.91 Å². The number of carbonyl (C=O) groups excluding carboxylic acids is 3. The molecule has 0 radical (unpaired) electrons. The van der Waals surface area contributed by atoms with Gasteiger partial charge in [-0.25, -0.2) is 8.42 Å². The molecule has 154 valence electrons. The van der Waals surface area contributed by atoms with E-state index in [0.29, 0.717) is 37.4 Å². The maximum atomic E-state index is 12.3. The number of methoxy groups -OCH3 is 1. The van der Waals surface area contributed by atoms with E-state index >= 15 is 0 Å². The van der Waals surface area contributed by atoms with E-state index in [1.807, 2.05) is 0 Å². The molecule has 0 aliphatic carbocycles. The first-order chi connectivity index (χ1) is 13.2. The van der Waals surface area contributed by atoms with Crippen molar-refractivity contribution in [3.63, 3.8) is 0 Å². The second-order valence-electron chi connectivity index (χ2n) is 6.23. The van der Waals surface area contributed by atoms with Crippen molar-refractivity contribution in [2.75, 3.05) is 58.0 Å². The highest BCUT2D eigenvalue weighted by Gasteiger charge is 2.25. The molecule has 0 aromatic heterocycles. The number of benzene rings is 1. The number of esters is 1. The van der Waals surface area contributed by atoms with Crippen LogP contribution in [0.2, 0.25) is 0 Å². The zero-order chi connectivity index (χ0) is 20.7. The van der Waals surface area contributed by atoms with Gasteiger partial charge in [-0.05, 0) is 24.3 Å². The van der Waals surface area contributed by atoms with Crippen molar-refractivity contribution in [2.45, 2.75) is 0 Å². The Labute approximate surface area is 163 Å². The minimum Gasteiger partial charge on any atom is -0.468 e. The number of amides is 2. The Bertz CT molecular complexity index is 817. The summed E-state index contributed by atoms with van der Waals surface area (Å²) >= 11 is 0. The molecule has 2 N–H and O–H groups in total. The minimum absolute atomic E-state index is 0.0623. The largest absolute Gasteiger partial charge is 0.468 e. The third-order valence-electron chi connectivity index (χ3n) is 4.27. The lowest BCUT2D eigenvalue weighted by Crippen LogP contribution is -2.51. The van der Waals surface area contributed by atoms with Crippen LogP contribution in [-0.4, -0.2) is 88.0 Å². The number of carbonyl (C=O) groups is 3. The number of nitrogens with one attached hydrogen (secondary N) is 2. The molecular weight excluding hydrogens is 388 g/mol. The molecule has 1 saturated heterocycles. The molecule has 10 nitrogen and oxygen atoms in total. The molecule has 0 atom stereocenters. The summed E-state index contributed by atoms with van der Waals surface area (Å²) in [6.45, 7) is 1.14. The summed E-state index contributed by atoms with van der Waals surface area (Å²) in [4.78, 5) is 36.8. The van der Waals surface area contributed by atoms with Gasteiger partial charge in [-0.1, -0.05) is 0 Å². The van der Waals surface area contributed by atoms with Crippen LogP contribution in [0.3, 0.4) is 0 Å². The van der Waals surface area contributed by atoms with Crippen LogP contribution in [0.25, 0.3) is 0 Å². The highest BCUT2D eigenvalue weighted by molar-refractivity contribution is 7.88. The van der Waals surface area contributed by atoms with Gasteiger partial charge in [-0.3, -0.25) is 14.4 Å². The maximum Gasteiger partial charge on any atom is 0.325 e. The van der Waals surface area contributed by atoms with Gasteiger partial charge >= 0.3 is 5.97 Å². The predicted molar refractivity (Wildman–Crippen MR) is 102 cm³/mol. The zero-order valence-electron chi connectivity index (χ0n) is 15.8. The quantitative estimate of drug-likeness (QED) is 0.556. The summed E-state index contributed by atoms with van der Waals surface area (Å²) in [7, 11) is -1.99. The topological polar surface area (TPSA) is 125 Å². The first kappa shape index (κ1) is 21.6. The summed E-state index contributed by atoms with van der Waals surface area (Å²) in [5, 5.41) is 5.41. The Kier molecular flexibility index (Phi) is 7.35. The lowest BCUT2D eigenvalue weighted by Gasteiger charge is -2.33. The zero-order valence-corrected chi connectivity index (χ0v) is 16.6. The van der Waals surface area contributed by atoms with Crippen molar-refractivity contribution in [3.05, 3.63) is 29.8 Å². The van der Waals surface area contributed by atoms with Gasteiger partial charge in [0.15, 0.2) is 0 Å². The Balaban J connectivity index is 1.79. The Morgan fingerprint density at radius 3 is 2.18 bits per heavy atom. The van der Waals surface area contributed by atoms with Crippen LogP contribution in [0, 0.1) is 0 Å². The van der Waals surface area contributed by atoms with Crippen LogP contribution in [0.4, 0.5) is 5.69 Å². The summed E-state index contributed by atoms with van der Waals surface area (Å²) in [6, 6.07) is 6.46. The Hall–Kier alpha value is -2.66. The molecule has 1 fully saturated rings. The second kappa shape index (κ2) is 9.51. The van der Waals surface area contributed by atoms with Gasteiger partial charge in [0, 0.05) is 37.4 Å². The number of anilines is 1. The van der Waals surface area contributed by atoms with Crippen LogP contribution < -0.4 is 10.6 Å². The molecule has 1 heterocycles. The first-order valence-electron chi connectivity index (χ1n) is 8.62. The van der Waals surface area contributed by atoms with Crippen LogP contribution in [0.1, 0.15) is 10.4 Å². The second-order valence-corrected chi connectivity index (χ2v) is 8.21. The molecule has 2 amide bonds. The normalized spacial score (nSPS) is 15.0. The van der Waals surface area contributed by atoms with Gasteiger partial charge < -0.3 is 20.3 Å². The lowest BCUT2D eigenvalue weighted by molar-refractivity contribution is -0.139. The molecule has 1 aliphatic heterocycles. The number of nitrogens with zero attached hydrogens (tertiary/aromatic N) is 2. The van der Waals surface area contributed by atoms with E-state index in [1.165, 1.54) is 11.4 Å². The molecular formula is C17H24N4O6S. The summed E-state index contributed by atoms with van der Waals surface area (Å²) in [5.74, 6) is -1.08. The van der Waals surface area contributed by atoms with Crippen molar-refractivity contribution >= 4 is 33.5 Å². The molecule has 2 rings (SSSR count). The first-order valence-corrected chi connectivity index (χ1v) is 10.5. The molecule has 11 heteroatoms. The van der Waals surface area contributed by atoms with Crippen LogP contribution in [-0.2, 0) is 24.3 Å². The van der Waals surface area contributed by atoms with Crippen LogP contribution in [0.15, 0.2) is 24.3 Å². The van der Waals surface area contributed by atoms with Gasteiger partial charge in [0.2, 0.25) is 15.9 Å². The summed E-state index contributed by atoms with van der Waals surface area (Å²) in [6.07, 6.45) is 1.16. The third kappa shape index (κ3) is 6.20. The molecule has 1 aromatic carbocycles. The molecule has 0 spiro atoms. The van der Waals surface area contributed by atoms with Crippen molar-refractivity contribution in [1.29, 1.82) is 0 Å². The molecule has 1 aliphatic rings. The van der Waals surface area contributed by atoms with E-state index < -0.39 is 21.9 Å². The molecule has 0 saturated carbocycles. The number of piperazine rings is 1. The summed E-state index contributed by atoms with van der Waals surface area (Å²) < 4.78 is 28.8. The predicted octanol–water partition coefficient (Wildman–Crippen LogP) is -0.895. The fourth-order valence-corrected chi connectivity index (χ4v) is 3.45. The monoisotopic (exact) mass is 412 g/mol. The fraction of sp³-hybridized carbons (Fsp3) is 0.471. The van der Waals surface area contributed by atoms with E-state index in [-0.39, 0.29) is 19.0 Å². The van der Waals surface area contributed by atoms with Gasteiger partial charge in [0.1, 0.15) is 6.54 Å². The molecule has 0 bridgehead atoms. The lowest BCUT2D eigenvalue weighted by atomic mass is 10.2. The maximum absolute atomic E-state index is 12.3. The van der Waals surface area contributed by atoms with Crippen LogP contribution >= 0.6 is 0 Å². The smallest absolute Gasteiger partial charge is 0.325 e. The van der Waals surface area contributed by atoms with Gasteiger partial charge in [-0.2, -0.15) is 4.31 Å². The van der Waals surface area contributed by atoms with E-state index in [0.717, 1.165) is 6.26 Å².